The van der Waals surface area contributed by atoms with Gasteiger partial charge in [0, 0.05) is 29.9 Å². The van der Waals surface area contributed by atoms with Gasteiger partial charge < -0.3 is 10.6 Å². The molecule has 132 valence electrons. The maximum Gasteiger partial charge on any atom is 0.272 e. The molecule has 3 N–H and O–H groups in total. The van der Waals surface area contributed by atoms with Crippen LogP contribution in [0.4, 0.5) is 5.69 Å². The molecule has 1 aliphatic heterocycles. The van der Waals surface area contributed by atoms with Gasteiger partial charge in [-0.05, 0) is 18.6 Å². The molecule has 4 rings (SSSR count). The van der Waals surface area contributed by atoms with Crippen molar-refractivity contribution in [2.24, 2.45) is 0 Å². The summed E-state index contributed by atoms with van der Waals surface area (Å²) in [7, 11) is 0. The van der Waals surface area contributed by atoms with Gasteiger partial charge in [0.25, 0.3) is 5.56 Å². The number of fused-ring (bicyclic) bond motifs is 2. The number of carbonyl (C=O) groups is 2. The van der Waals surface area contributed by atoms with Gasteiger partial charge in [0.05, 0.1) is 18.2 Å². The van der Waals surface area contributed by atoms with Crippen molar-refractivity contribution in [2.45, 2.75) is 25.8 Å². The summed E-state index contributed by atoms with van der Waals surface area (Å²) < 4.78 is 1.35. The second kappa shape index (κ2) is 6.14. The Labute approximate surface area is 148 Å². The Kier molecular flexibility index (Phi) is 3.80. The lowest BCUT2D eigenvalue weighted by Gasteiger charge is -2.24. The molecule has 1 aromatic carbocycles. The van der Waals surface area contributed by atoms with Crippen molar-refractivity contribution in [2.75, 3.05) is 5.32 Å². The predicted octanol–water partition coefficient (Wildman–Crippen LogP) is 1.07. The number of hydrogen-bond donors (Lipinski definition) is 3. The number of anilines is 1. The molecule has 26 heavy (non-hydrogen) atoms. The number of aryl methyl sites for hydroxylation is 1. The molecule has 2 aromatic heterocycles. The number of amides is 2. The molecule has 0 saturated heterocycles. The van der Waals surface area contributed by atoms with Gasteiger partial charge in [-0.2, -0.15) is 0 Å². The van der Waals surface area contributed by atoms with Crippen LogP contribution in [-0.2, 0) is 16.1 Å². The first kappa shape index (κ1) is 16.1. The van der Waals surface area contributed by atoms with Gasteiger partial charge in [0.2, 0.25) is 11.8 Å². The third-order valence-electron chi connectivity index (χ3n) is 4.39. The van der Waals surface area contributed by atoms with Gasteiger partial charge in [-0.1, -0.05) is 18.2 Å². The highest BCUT2D eigenvalue weighted by Crippen LogP contribution is 2.31. The lowest BCUT2D eigenvalue weighted by Crippen LogP contribution is -2.35. The minimum Gasteiger partial charge on any atom is -0.350 e. The van der Waals surface area contributed by atoms with Crippen molar-refractivity contribution >= 4 is 23.1 Å². The van der Waals surface area contributed by atoms with E-state index in [4.69, 9.17) is 0 Å². The number of aromatic nitrogens is 3. The number of nitrogens with zero attached hydrogens (tertiary/aromatic N) is 2. The van der Waals surface area contributed by atoms with Gasteiger partial charge >= 0.3 is 0 Å². The average Bonchev–Trinajstić information content (AvgIpc) is 3.00. The predicted molar refractivity (Wildman–Crippen MR) is 94.8 cm³/mol. The lowest BCUT2D eigenvalue weighted by molar-refractivity contribution is -0.126. The van der Waals surface area contributed by atoms with Gasteiger partial charge in [-0.3, -0.25) is 19.5 Å². The molecule has 3 heterocycles. The van der Waals surface area contributed by atoms with Crippen molar-refractivity contribution in [3.63, 3.8) is 0 Å². The quantitative estimate of drug-likeness (QED) is 0.656. The van der Waals surface area contributed by atoms with E-state index in [1.807, 2.05) is 25.1 Å². The molecule has 0 aliphatic carbocycles. The van der Waals surface area contributed by atoms with Crippen LogP contribution in [0.25, 0.3) is 5.65 Å². The third kappa shape index (κ3) is 2.85. The molecule has 3 aromatic rings. The van der Waals surface area contributed by atoms with Crippen molar-refractivity contribution in [3.05, 3.63) is 63.7 Å². The van der Waals surface area contributed by atoms with Crippen molar-refractivity contribution < 1.29 is 9.59 Å². The zero-order chi connectivity index (χ0) is 18.3. The minimum absolute atomic E-state index is 0.0922. The first-order valence-electron chi connectivity index (χ1n) is 8.26. The second-order valence-corrected chi connectivity index (χ2v) is 6.33. The Morgan fingerprint density at radius 2 is 2.12 bits per heavy atom. The zero-order valence-corrected chi connectivity index (χ0v) is 14.1. The Hall–Kier alpha value is -3.42. The lowest BCUT2D eigenvalue weighted by atomic mass is 9.90. The van der Waals surface area contributed by atoms with E-state index in [0.29, 0.717) is 17.0 Å². The molecule has 8 nitrogen and oxygen atoms in total. The van der Waals surface area contributed by atoms with Gasteiger partial charge in [0.1, 0.15) is 0 Å². The van der Waals surface area contributed by atoms with Gasteiger partial charge in [-0.25, -0.2) is 9.50 Å². The first-order valence-corrected chi connectivity index (χ1v) is 8.26. The molecular formula is C18H17N5O3. The second-order valence-electron chi connectivity index (χ2n) is 6.33. The van der Waals surface area contributed by atoms with Crippen LogP contribution in [0.5, 0.6) is 0 Å². The monoisotopic (exact) mass is 351 g/mol. The number of benzene rings is 1. The van der Waals surface area contributed by atoms with E-state index >= 15 is 0 Å². The topological polar surface area (TPSA) is 108 Å². The number of nitrogens with one attached hydrogen (secondary N) is 3. The highest BCUT2D eigenvalue weighted by molar-refractivity contribution is 6.01. The average molecular weight is 351 g/mol. The number of hydrogen-bond acceptors (Lipinski definition) is 4. The van der Waals surface area contributed by atoms with Crippen LogP contribution in [0.3, 0.4) is 0 Å². The van der Waals surface area contributed by atoms with E-state index in [9.17, 15) is 14.4 Å². The molecule has 2 amide bonds. The minimum atomic E-state index is -0.556. The number of rotatable bonds is 3. The molecule has 0 radical (unpaired) electrons. The number of H-pyrrole nitrogens is 1. The SMILES string of the molecule is Cc1cc2nc(CNC(=O)C3CC(=O)Nc4ccccc43)cc(=O)n2[nH]1. The number of aromatic amines is 1. The molecule has 8 heteroatoms. The summed E-state index contributed by atoms with van der Waals surface area (Å²) in [4.78, 5) is 40.9. The summed E-state index contributed by atoms with van der Waals surface area (Å²) in [5.41, 5.74) is 2.99. The fourth-order valence-electron chi connectivity index (χ4n) is 3.20. The Morgan fingerprint density at radius 1 is 1.31 bits per heavy atom. The summed E-state index contributed by atoms with van der Waals surface area (Å²) in [6, 6.07) is 10.4. The molecule has 1 atom stereocenters. The fraction of sp³-hybridized carbons (Fsp3) is 0.222. The third-order valence-corrected chi connectivity index (χ3v) is 4.39. The van der Waals surface area contributed by atoms with Crippen LogP contribution >= 0.6 is 0 Å². The van der Waals surface area contributed by atoms with Crippen molar-refractivity contribution in [3.8, 4) is 0 Å². The van der Waals surface area contributed by atoms with Crippen LogP contribution in [0.15, 0.2) is 41.2 Å². The van der Waals surface area contributed by atoms with E-state index in [2.05, 4.69) is 20.7 Å². The van der Waals surface area contributed by atoms with Crippen LogP contribution in [-0.4, -0.2) is 26.4 Å². The summed E-state index contributed by atoms with van der Waals surface area (Å²) in [6.07, 6.45) is 0.0922. The Bertz CT molecular complexity index is 1080. The highest BCUT2D eigenvalue weighted by Gasteiger charge is 2.30. The van der Waals surface area contributed by atoms with Crippen LogP contribution < -0.4 is 16.2 Å². The number of carbonyl (C=O) groups excluding carboxylic acids is 2. The van der Waals surface area contributed by atoms with Crippen LogP contribution in [0.1, 0.15) is 29.3 Å². The summed E-state index contributed by atoms with van der Waals surface area (Å²) in [6.45, 7) is 1.95. The van der Waals surface area contributed by atoms with Crippen LogP contribution in [0.2, 0.25) is 0 Å². The van der Waals surface area contributed by atoms with Gasteiger partial charge in [-0.15, -0.1) is 0 Å². The van der Waals surface area contributed by atoms with Gasteiger partial charge in [0.15, 0.2) is 5.65 Å². The first-order chi connectivity index (χ1) is 12.5. The zero-order valence-electron chi connectivity index (χ0n) is 14.1. The summed E-state index contributed by atoms with van der Waals surface area (Å²) in [5.74, 6) is -1.01. The fourth-order valence-corrected chi connectivity index (χ4v) is 3.20. The largest absolute Gasteiger partial charge is 0.350 e. The van der Waals surface area contributed by atoms with Crippen molar-refractivity contribution in [1.82, 2.24) is 19.9 Å². The normalized spacial score (nSPS) is 16.2. The molecule has 0 saturated carbocycles. The highest BCUT2D eigenvalue weighted by atomic mass is 16.2. The molecule has 0 bridgehead atoms. The maximum absolute atomic E-state index is 12.6. The van der Waals surface area contributed by atoms with E-state index in [0.717, 1.165) is 11.3 Å². The molecule has 0 fully saturated rings. The smallest absolute Gasteiger partial charge is 0.272 e. The summed E-state index contributed by atoms with van der Waals surface area (Å²) in [5, 5.41) is 8.45. The Morgan fingerprint density at radius 3 is 2.96 bits per heavy atom. The van der Waals surface area contributed by atoms with E-state index in [1.165, 1.54) is 10.6 Å². The van der Waals surface area contributed by atoms with E-state index < -0.39 is 5.92 Å². The Balaban J connectivity index is 1.54. The summed E-state index contributed by atoms with van der Waals surface area (Å²) >= 11 is 0. The molecule has 0 spiro atoms. The molecular weight excluding hydrogens is 334 g/mol. The van der Waals surface area contributed by atoms with E-state index in [-0.39, 0.29) is 30.3 Å². The van der Waals surface area contributed by atoms with E-state index in [1.54, 1.807) is 12.1 Å². The maximum atomic E-state index is 12.6. The standard InChI is InChI=1S/C18H17N5O3/c1-10-6-15-20-11(7-17(25)23(15)22-10)9-19-18(26)13-8-16(24)21-14-5-3-2-4-12(13)14/h2-7,13,22H,8-9H2,1H3,(H,19,26)(H,21,24). The van der Waals surface area contributed by atoms with Crippen molar-refractivity contribution in [1.29, 1.82) is 0 Å². The number of para-hydroxylation sites is 1. The molecule has 1 unspecified atom stereocenters. The van der Waals surface area contributed by atoms with Crippen LogP contribution in [0, 0.1) is 6.92 Å². The molecule has 1 aliphatic rings.